The number of carbonyl (C=O) groups is 4. The first-order valence-corrected chi connectivity index (χ1v) is 13.5. The van der Waals surface area contributed by atoms with E-state index in [2.05, 4.69) is 45.9 Å². The van der Waals surface area contributed by atoms with Gasteiger partial charge in [-0.3, -0.25) is 14.4 Å². The third-order valence-corrected chi connectivity index (χ3v) is 6.43. The predicted octanol–water partition coefficient (Wildman–Crippen LogP) is -1.50. The van der Waals surface area contributed by atoms with Crippen LogP contribution in [0, 0.1) is 0 Å². The van der Waals surface area contributed by atoms with E-state index in [0.717, 1.165) is 0 Å². The number of carboxylic acids is 1. The fourth-order valence-electron chi connectivity index (χ4n) is 3.67. The van der Waals surface area contributed by atoms with Crippen LogP contribution in [-0.4, -0.2) is 94.9 Å². The van der Waals surface area contributed by atoms with Crippen molar-refractivity contribution in [1.82, 2.24) is 45.9 Å². The Kier molecular flexibility index (Phi) is 11.1. The number of nitrogens with one attached hydrogen (secondary N) is 6. The number of rotatable bonds is 16. The van der Waals surface area contributed by atoms with Crippen molar-refractivity contribution in [1.29, 1.82) is 0 Å². The minimum absolute atomic E-state index is 0.00801. The Balaban J connectivity index is 1.77. The zero-order valence-electron chi connectivity index (χ0n) is 21.2. The first-order chi connectivity index (χ1) is 18.8. The highest BCUT2D eigenvalue weighted by molar-refractivity contribution is 7.98. The molecule has 0 saturated heterocycles. The monoisotopic (exact) mass is 560 g/mol. The van der Waals surface area contributed by atoms with Crippen LogP contribution in [0.2, 0.25) is 0 Å². The van der Waals surface area contributed by atoms with Crippen molar-refractivity contribution in [3.63, 3.8) is 0 Å². The number of imidazole rings is 3. The number of H-pyrrole nitrogens is 3. The Morgan fingerprint density at radius 3 is 1.59 bits per heavy atom. The molecule has 0 aliphatic rings. The van der Waals surface area contributed by atoms with Crippen LogP contribution in [0.4, 0.5) is 0 Å². The van der Waals surface area contributed by atoms with Crippen molar-refractivity contribution in [2.75, 3.05) is 12.0 Å². The predicted molar refractivity (Wildman–Crippen MR) is 141 cm³/mol. The average molecular weight is 561 g/mol. The van der Waals surface area contributed by atoms with Gasteiger partial charge in [0.2, 0.25) is 17.7 Å². The highest BCUT2D eigenvalue weighted by atomic mass is 32.2. The lowest BCUT2D eigenvalue weighted by atomic mass is 10.1. The Labute approximate surface area is 227 Å². The van der Waals surface area contributed by atoms with Crippen molar-refractivity contribution in [3.05, 3.63) is 54.7 Å². The highest BCUT2D eigenvalue weighted by Gasteiger charge is 2.31. The normalized spacial score (nSPS) is 14.1. The number of aliphatic carboxylic acids is 1. The van der Waals surface area contributed by atoms with Crippen LogP contribution in [0.5, 0.6) is 0 Å². The molecule has 210 valence electrons. The first-order valence-electron chi connectivity index (χ1n) is 12.1. The maximum absolute atomic E-state index is 13.4. The number of nitrogens with two attached hydrogens (primary N) is 1. The molecule has 3 amide bonds. The molecule has 3 rings (SSSR count). The molecule has 39 heavy (non-hydrogen) atoms. The second-order valence-corrected chi connectivity index (χ2v) is 9.74. The lowest BCUT2D eigenvalue weighted by Gasteiger charge is -2.25. The molecule has 0 radical (unpaired) electrons. The Hall–Kier alpha value is -4.18. The van der Waals surface area contributed by atoms with Gasteiger partial charge < -0.3 is 41.7 Å². The molecule has 0 fully saturated rings. The molecule has 0 spiro atoms. The molecule has 4 atom stereocenters. The van der Waals surface area contributed by atoms with Gasteiger partial charge in [0.15, 0.2) is 0 Å². The van der Waals surface area contributed by atoms with Gasteiger partial charge in [0, 0.05) is 54.9 Å². The van der Waals surface area contributed by atoms with Gasteiger partial charge >= 0.3 is 5.97 Å². The molecule has 0 bridgehead atoms. The lowest BCUT2D eigenvalue weighted by Crippen LogP contribution is -2.58. The molecule has 3 aromatic rings. The van der Waals surface area contributed by atoms with Gasteiger partial charge in [0.05, 0.1) is 25.0 Å². The molecule has 0 aliphatic carbocycles. The summed E-state index contributed by atoms with van der Waals surface area (Å²) in [5, 5.41) is 17.5. The van der Waals surface area contributed by atoms with Gasteiger partial charge in [-0.1, -0.05) is 0 Å². The smallest absolute Gasteiger partial charge is 0.326 e. The summed E-state index contributed by atoms with van der Waals surface area (Å²) in [6, 6.07) is -4.38. The van der Waals surface area contributed by atoms with E-state index in [9.17, 15) is 24.3 Å². The van der Waals surface area contributed by atoms with E-state index in [0.29, 0.717) is 29.3 Å². The van der Waals surface area contributed by atoms with Crippen LogP contribution in [-0.2, 0) is 38.4 Å². The van der Waals surface area contributed by atoms with Crippen LogP contribution in [0.1, 0.15) is 23.5 Å². The van der Waals surface area contributed by atoms with Gasteiger partial charge in [-0.05, 0) is 18.4 Å². The quantitative estimate of drug-likeness (QED) is 0.101. The fourth-order valence-corrected chi connectivity index (χ4v) is 4.16. The molecule has 0 saturated carbocycles. The van der Waals surface area contributed by atoms with Crippen molar-refractivity contribution in [2.24, 2.45) is 5.73 Å². The first kappa shape index (κ1) is 29.4. The lowest BCUT2D eigenvalue weighted by molar-refractivity contribution is -0.142. The minimum Gasteiger partial charge on any atom is -0.480 e. The van der Waals surface area contributed by atoms with E-state index in [1.165, 1.54) is 37.6 Å². The summed E-state index contributed by atoms with van der Waals surface area (Å²) in [6.45, 7) is 0. The van der Waals surface area contributed by atoms with E-state index in [-0.39, 0.29) is 19.3 Å². The molecular weight excluding hydrogens is 528 g/mol. The number of aromatic amines is 3. The zero-order chi connectivity index (χ0) is 28.2. The van der Waals surface area contributed by atoms with E-state index in [4.69, 9.17) is 5.73 Å². The largest absolute Gasteiger partial charge is 0.480 e. The number of hydrogen-bond donors (Lipinski definition) is 8. The number of nitrogens with zero attached hydrogens (tertiary/aromatic N) is 3. The van der Waals surface area contributed by atoms with E-state index in [1.54, 1.807) is 11.8 Å². The van der Waals surface area contributed by atoms with Gasteiger partial charge in [-0.15, -0.1) is 0 Å². The minimum atomic E-state index is -1.28. The molecule has 9 N–H and O–H groups in total. The molecule has 0 aliphatic heterocycles. The molecular formula is C23H32N10O5S. The summed E-state index contributed by atoms with van der Waals surface area (Å²) in [5.41, 5.74) is 7.61. The third-order valence-electron chi connectivity index (χ3n) is 5.79. The van der Waals surface area contributed by atoms with Gasteiger partial charge in [0.1, 0.15) is 18.1 Å². The molecule has 3 aromatic heterocycles. The highest BCUT2D eigenvalue weighted by Crippen LogP contribution is 2.06. The second kappa shape index (κ2) is 14.7. The number of carbonyl (C=O) groups excluding carboxylic acids is 3. The van der Waals surface area contributed by atoms with E-state index < -0.39 is 47.9 Å². The SMILES string of the molecule is CSCCC(N)C(=O)NC(Cc1cnc[nH]1)C(=O)NC(Cc1cnc[nH]1)C(=O)NC(Cc1cnc[nH]1)C(=O)O. The Morgan fingerprint density at radius 2 is 1.21 bits per heavy atom. The van der Waals surface area contributed by atoms with Crippen molar-refractivity contribution in [3.8, 4) is 0 Å². The Morgan fingerprint density at radius 1 is 0.795 bits per heavy atom. The van der Waals surface area contributed by atoms with Gasteiger partial charge in [0.25, 0.3) is 0 Å². The third kappa shape index (κ3) is 9.26. The topological polar surface area (TPSA) is 237 Å². The average Bonchev–Trinajstić information content (AvgIpc) is 3.70. The number of amides is 3. The summed E-state index contributed by atoms with van der Waals surface area (Å²) in [7, 11) is 0. The molecule has 0 aromatic carbocycles. The van der Waals surface area contributed by atoms with E-state index >= 15 is 0 Å². The van der Waals surface area contributed by atoms with Crippen LogP contribution in [0.25, 0.3) is 0 Å². The second-order valence-electron chi connectivity index (χ2n) is 8.75. The summed E-state index contributed by atoms with van der Waals surface area (Å²) < 4.78 is 0. The van der Waals surface area contributed by atoms with Crippen molar-refractivity contribution in [2.45, 2.75) is 49.9 Å². The number of thioether (sulfide) groups is 1. The van der Waals surface area contributed by atoms with Gasteiger partial charge in [-0.25, -0.2) is 19.7 Å². The Bertz CT molecular complexity index is 1190. The van der Waals surface area contributed by atoms with Crippen LogP contribution in [0.3, 0.4) is 0 Å². The maximum Gasteiger partial charge on any atom is 0.326 e. The molecule has 16 heteroatoms. The van der Waals surface area contributed by atoms with E-state index in [1.807, 2.05) is 6.26 Å². The summed E-state index contributed by atoms with van der Waals surface area (Å²) in [4.78, 5) is 71.5. The van der Waals surface area contributed by atoms with Gasteiger partial charge in [-0.2, -0.15) is 11.8 Å². The molecule has 15 nitrogen and oxygen atoms in total. The maximum atomic E-state index is 13.4. The fraction of sp³-hybridized carbons (Fsp3) is 0.435. The van der Waals surface area contributed by atoms with Crippen LogP contribution in [0.15, 0.2) is 37.6 Å². The number of carboxylic acid groups (broad SMARTS) is 1. The summed E-state index contributed by atoms with van der Waals surface area (Å²) in [5.74, 6) is -2.48. The van der Waals surface area contributed by atoms with Crippen LogP contribution >= 0.6 is 11.8 Å². The van der Waals surface area contributed by atoms with Crippen molar-refractivity contribution < 1.29 is 24.3 Å². The summed E-state index contributed by atoms with van der Waals surface area (Å²) >= 11 is 1.54. The molecule has 4 unspecified atom stereocenters. The zero-order valence-corrected chi connectivity index (χ0v) is 22.0. The number of hydrogen-bond acceptors (Lipinski definition) is 9. The number of aromatic nitrogens is 6. The van der Waals surface area contributed by atoms with Crippen LogP contribution < -0.4 is 21.7 Å². The van der Waals surface area contributed by atoms with Crippen molar-refractivity contribution >= 4 is 35.5 Å². The summed E-state index contributed by atoms with van der Waals surface area (Å²) in [6.07, 6.45) is 11.0. The molecule has 3 heterocycles. The standard InChI is InChI=1S/C23H32N10O5S/c1-39-3-2-16(24)20(34)31-17(4-13-7-25-10-28-13)21(35)32-18(5-14-8-26-11-29-14)22(36)33-19(23(37)38)6-15-9-27-12-30-15/h7-12,16-19H,2-6,24H2,1H3,(H,25,28)(H,26,29)(H,27,30)(H,31,34)(H,32,35)(H,33,36)(H,37,38).